The summed E-state index contributed by atoms with van der Waals surface area (Å²) in [5.74, 6) is -0.201. The molecule has 7 heteroatoms. The number of hydrazone groups is 1. The quantitative estimate of drug-likeness (QED) is 0.663. The highest BCUT2D eigenvalue weighted by Gasteiger charge is 2.13. The van der Waals surface area contributed by atoms with Crippen molar-refractivity contribution in [2.75, 3.05) is 13.1 Å². The molecule has 1 saturated heterocycles. The molecule has 2 N–H and O–H groups in total. The minimum atomic E-state index is -0.443. The smallest absolute Gasteiger partial charge is 0.264 e. The van der Waals surface area contributed by atoms with Gasteiger partial charge in [-0.2, -0.15) is 5.10 Å². The lowest BCUT2D eigenvalue weighted by Crippen LogP contribution is -2.25. The zero-order chi connectivity index (χ0) is 17.1. The average molecular weight is 344 g/mol. The van der Waals surface area contributed by atoms with E-state index in [-0.39, 0.29) is 16.2 Å². The second-order valence-electron chi connectivity index (χ2n) is 5.93. The van der Waals surface area contributed by atoms with Crippen LogP contribution in [0.2, 0.25) is 0 Å². The van der Waals surface area contributed by atoms with Gasteiger partial charge in [0.15, 0.2) is 4.77 Å². The molecule has 0 aliphatic carbocycles. The molecule has 126 valence electrons. The van der Waals surface area contributed by atoms with Crippen molar-refractivity contribution in [2.24, 2.45) is 5.10 Å². The number of nitrogens with zero attached hydrogens (tertiary/aromatic N) is 3. The Bertz CT molecular complexity index is 862. The van der Waals surface area contributed by atoms with Crippen LogP contribution in [0.1, 0.15) is 30.4 Å². The summed E-state index contributed by atoms with van der Waals surface area (Å²) in [6.45, 7) is 3.71. The number of piperidine rings is 1. The van der Waals surface area contributed by atoms with E-state index in [1.54, 1.807) is 0 Å². The average Bonchev–Trinajstić information content (AvgIpc) is 2.57. The SMILES string of the molecule is Cc1ccc(-n2c(O)c(/C=N/N3CCCCC3)c(=O)[nH]c2=S)cc1. The molecule has 0 saturated carbocycles. The molecule has 0 spiro atoms. The highest BCUT2D eigenvalue weighted by atomic mass is 32.1. The Morgan fingerprint density at radius 1 is 1.21 bits per heavy atom. The number of aryl methyl sites for hydroxylation is 1. The Labute approximate surface area is 145 Å². The summed E-state index contributed by atoms with van der Waals surface area (Å²) >= 11 is 5.20. The Hall–Kier alpha value is -2.41. The summed E-state index contributed by atoms with van der Waals surface area (Å²) in [7, 11) is 0. The summed E-state index contributed by atoms with van der Waals surface area (Å²) in [6.07, 6.45) is 4.80. The fraction of sp³-hybridized carbons (Fsp3) is 0.353. The van der Waals surface area contributed by atoms with Gasteiger partial charge in [-0.1, -0.05) is 17.7 Å². The number of hydrogen-bond donors (Lipinski definition) is 2. The van der Waals surface area contributed by atoms with Crippen LogP contribution in [0.5, 0.6) is 5.88 Å². The van der Waals surface area contributed by atoms with Crippen molar-refractivity contribution in [3.8, 4) is 11.6 Å². The molecule has 0 radical (unpaired) electrons. The minimum Gasteiger partial charge on any atom is -0.494 e. The highest BCUT2D eigenvalue weighted by molar-refractivity contribution is 7.71. The van der Waals surface area contributed by atoms with Crippen LogP contribution in [0.4, 0.5) is 0 Å². The second-order valence-corrected chi connectivity index (χ2v) is 6.31. The zero-order valence-electron chi connectivity index (χ0n) is 13.5. The molecule has 2 aromatic rings. The van der Waals surface area contributed by atoms with Crippen LogP contribution in [0.15, 0.2) is 34.2 Å². The molecule has 24 heavy (non-hydrogen) atoms. The first-order chi connectivity index (χ1) is 11.6. The fourth-order valence-electron chi connectivity index (χ4n) is 2.72. The lowest BCUT2D eigenvalue weighted by molar-refractivity contribution is 0.240. The van der Waals surface area contributed by atoms with Crippen molar-refractivity contribution in [3.63, 3.8) is 0 Å². The molecule has 0 atom stereocenters. The molecule has 0 bridgehead atoms. The van der Waals surface area contributed by atoms with Crippen molar-refractivity contribution in [1.29, 1.82) is 0 Å². The third-order valence-electron chi connectivity index (χ3n) is 4.10. The number of rotatable bonds is 3. The molecule has 0 unspecified atom stereocenters. The molecule has 0 amide bonds. The Balaban J connectivity index is 2.02. The van der Waals surface area contributed by atoms with Gasteiger partial charge in [0, 0.05) is 13.1 Å². The van der Waals surface area contributed by atoms with Crippen molar-refractivity contribution in [3.05, 3.63) is 50.5 Å². The van der Waals surface area contributed by atoms with Gasteiger partial charge in [0.2, 0.25) is 5.88 Å². The third-order valence-corrected chi connectivity index (χ3v) is 4.38. The van der Waals surface area contributed by atoms with E-state index in [4.69, 9.17) is 12.2 Å². The third kappa shape index (κ3) is 3.41. The number of H-pyrrole nitrogens is 1. The monoisotopic (exact) mass is 344 g/mol. The van der Waals surface area contributed by atoms with Crippen LogP contribution in [0.3, 0.4) is 0 Å². The van der Waals surface area contributed by atoms with Gasteiger partial charge in [-0.3, -0.25) is 19.4 Å². The van der Waals surface area contributed by atoms with Gasteiger partial charge < -0.3 is 5.11 Å². The van der Waals surface area contributed by atoms with E-state index in [0.717, 1.165) is 31.5 Å². The van der Waals surface area contributed by atoms with Gasteiger partial charge in [0.05, 0.1) is 11.9 Å². The number of aromatic hydroxyl groups is 1. The van der Waals surface area contributed by atoms with E-state index in [2.05, 4.69) is 10.1 Å². The first-order valence-electron chi connectivity index (χ1n) is 8.00. The van der Waals surface area contributed by atoms with E-state index >= 15 is 0 Å². The molecule has 3 rings (SSSR count). The molecule has 1 aromatic carbocycles. The molecular weight excluding hydrogens is 324 g/mol. The number of aromatic amines is 1. The lowest BCUT2D eigenvalue weighted by Gasteiger charge is -2.23. The number of hydrogen-bond acceptors (Lipinski definition) is 5. The van der Waals surface area contributed by atoms with Gasteiger partial charge in [0.25, 0.3) is 5.56 Å². The van der Waals surface area contributed by atoms with Gasteiger partial charge in [-0.25, -0.2) is 0 Å². The molecule has 6 nitrogen and oxygen atoms in total. The van der Waals surface area contributed by atoms with E-state index in [1.165, 1.54) is 17.2 Å². The number of nitrogens with one attached hydrogen (secondary N) is 1. The lowest BCUT2D eigenvalue weighted by atomic mass is 10.2. The Morgan fingerprint density at radius 2 is 1.88 bits per heavy atom. The normalized spacial score (nSPS) is 15.1. The molecule has 1 aliphatic rings. The predicted octanol–water partition coefficient (Wildman–Crippen LogP) is 2.73. The Kier molecular flexibility index (Phi) is 4.80. The summed E-state index contributed by atoms with van der Waals surface area (Å²) < 4.78 is 1.59. The van der Waals surface area contributed by atoms with E-state index in [0.29, 0.717) is 5.69 Å². The Morgan fingerprint density at radius 3 is 2.54 bits per heavy atom. The molecule has 1 fully saturated rings. The minimum absolute atomic E-state index is 0.106. The first kappa shape index (κ1) is 16.4. The van der Waals surface area contributed by atoms with Gasteiger partial charge >= 0.3 is 0 Å². The predicted molar refractivity (Wildman–Crippen MR) is 96.6 cm³/mol. The van der Waals surface area contributed by atoms with E-state index < -0.39 is 5.56 Å². The second kappa shape index (κ2) is 7.00. The van der Waals surface area contributed by atoms with Crippen LogP contribution in [-0.4, -0.2) is 39.0 Å². The van der Waals surface area contributed by atoms with Crippen LogP contribution in [-0.2, 0) is 0 Å². The maximum absolute atomic E-state index is 12.2. The molecule has 1 aromatic heterocycles. The standard InChI is InChI=1S/C17H20N4O2S/c1-12-5-7-13(8-6-12)21-16(23)14(15(22)19-17(21)24)11-18-20-9-3-2-4-10-20/h5-8,11,23H,2-4,9-10H2,1H3,(H,19,22,24)/b18-11+. The highest BCUT2D eigenvalue weighted by Crippen LogP contribution is 2.19. The van der Waals surface area contributed by atoms with Crippen LogP contribution >= 0.6 is 12.2 Å². The van der Waals surface area contributed by atoms with Gasteiger partial charge in [-0.05, 0) is 50.5 Å². The van der Waals surface area contributed by atoms with Crippen molar-refractivity contribution >= 4 is 18.4 Å². The zero-order valence-corrected chi connectivity index (χ0v) is 14.3. The summed E-state index contributed by atoms with van der Waals surface area (Å²) in [6, 6.07) is 7.52. The van der Waals surface area contributed by atoms with E-state index in [1.807, 2.05) is 36.2 Å². The maximum atomic E-state index is 12.2. The van der Waals surface area contributed by atoms with Crippen LogP contribution in [0.25, 0.3) is 5.69 Å². The van der Waals surface area contributed by atoms with Crippen molar-refractivity contribution in [1.82, 2.24) is 14.6 Å². The summed E-state index contributed by atoms with van der Waals surface area (Å²) in [4.78, 5) is 14.8. The van der Waals surface area contributed by atoms with Gasteiger partial charge in [-0.15, -0.1) is 0 Å². The maximum Gasteiger partial charge on any atom is 0.264 e. The fourth-order valence-corrected chi connectivity index (χ4v) is 3.00. The topological polar surface area (TPSA) is 73.6 Å². The number of benzene rings is 1. The largest absolute Gasteiger partial charge is 0.494 e. The summed E-state index contributed by atoms with van der Waals surface area (Å²) in [5.41, 5.74) is 1.45. The van der Waals surface area contributed by atoms with Crippen molar-refractivity contribution in [2.45, 2.75) is 26.2 Å². The summed E-state index contributed by atoms with van der Waals surface area (Å²) in [5, 5.41) is 16.8. The van der Waals surface area contributed by atoms with Crippen LogP contribution < -0.4 is 5.56 Å². The van der Waals surface area contributed by atoms with Crippen molar-refractivity contribution < 1.29 is 5.11 Å². The molecular formula is C17H20N4O2S. The number of aromatic nitrogens is 2. The molecule has 1 aliphatic heterocycles. The first-order valence-corrected chi connectivity index (χ1v) is 8.41. The van der Waals surface area contributed by atoms with E-state index in [9.17, 15) is 9.90 Å². The van der Waals surface area contributed by atoms with Crippen LogP contribution in [0, 0.1) is 11.7 Å². The van der Waals surface area contributed by atoms with Gasteiger partial charge in [0.1, 0.15) is 5.56 Å². The molecule has 2 heterocycles.